The van der Waals surface area contributed by atoms with E-state index in [0.717, 1.165) is 43.4 Å². The summed E-state index contributed by atoms with van der Waals surface area (Å²) in [6, 6.07) is 7.95. The predicted molar refractivity (Wildman–Crippen MR) is 130 cm³/mol. The highest BCUT2D eigenvalue weighted by molar-refractivity contribution is 5.80. The maximum atomic E-state index is 13.8. The summed E-state index contributed by atoms with van der Waals surface area (Å²) in [4.78, 5) is 34.6. The smallest absolute Gasteiger partial charge is 0.326 e. The summed E-state index contributed by atoms with van der Waals surface area (Å²) < 4.78 is 1.93. The number of hydrogen-bond acceptors (Lipinski definition) is 5. The maximum Gasteiger partial charge on any atom is 0.326 e. The summed E-state index contributed by atoms with van der Waals surface area (Å²) in [5.41, 5.74) is 1.50. The Labute approximate surface area is 195 Å². The molecule has 7 heteroatoms. The van der Waals surface area contributed by atoms with Gasteiger partial charge in [0, 0.05) is 31.7 Å². The molecule has 1 N–H and O–H groups in total. The number of hydrogen-bond donors (Lipinski definition) is 1. The van der Waals surface area contributed by atoms with Crippen LogP contribution < -0.4 is 10.5 Å². The first-order valence-electron chi connectivity index (χ1n) is 12.9. The van der Waals surface area contributed by atoms with E-state index in [2.05, 4.69) is 9.88 Å². The fourth-order valence-electron chi connectivity index (χ4n) is 6.28. The number of aliphatic carboxylic acids is 1. The molecule has 1 aromatic carbocycles. The van der Waals surface area contributed by atoms with E-state index >= 15 is 0 Å². The topological polar surface area (TPSA) is 78.7 Å². The number of piperidine rings is 1. The van der Waals surface area contributed by atoms with Crippen LogP contribution in [-0.2, 0) is 4.79 Å². The zero-order valence-electron chi connectivity index (χ0n) is 19.5. The van der Waals surface area contributed by atoms with Gasteiger partial charge in [-0.05, 0) is 50.7 Å². The van der Waals surface area contributed by atoms with Gasteiger partial charge in [-0.15, -0.1) is 0 Å². The second-order valence-electron chi connectivity index (χ2n) is 10.1. The molecule has 3 heterocycles. The number of fused-ring (bicyclic) bond motifs is 1. The Morgan fingerprint density at radius 3 is 2.27 bits per heavy atom. The SMILES string of the molecule is O=C(O)C1CCCN1c1nc2ccccc2n(C2CCN(C3CCCCCCC3)CC2)c1=O. The molecule has 7 nitrogen and oxygen atoms in total. The lowest BCUT2D eigenvalue weighted by molar-refractivity contribution is -0.138. The molecule has 0 spiro atoms. The number of benzene rings is 1. The lowest BCUT2D eigenvalue weighted by atomic mass is 9.93. The molecule has 1 aliphatic carbocycles. The minimum absolute atomic E-state index is 0.125. The second kappa shape index (κ2) is 9.84. The van der Waals surface area contributed by atoms with Gasteiger partial charge in [-0.25, -0.2) is 9.78 Å². The number of rotatable bonds is 4. The monoisotopic (exact) mass is 452 g/mol. The Hall–Kier alpha value is -2.41. The zero-order valence-corrected chi connectivity index (χ0v) is 19.5. The molecule has 178 valence electrons. The fraction of sp³-hybridized carbons (Fsp3) is 0.654. The summed E-state index contributed by atoms with van der Waals surface area (Å²) in [6.07, 6.45) is 12.6. The summed E-state index contributed by atoms with van der Waals surface area (Å²) in [5, 5.41) is 9.67. The van der Waals surface area contributed by atoms with Gasteiger partial charge in [-0.1, -0.05) is 44.2 Å². The fourth-order valence-corrected chi connectivity index (χ4v) is 6.28. The highest BCUT2D eigenvalue weighted by Crippen LogP contribution is 2.31. The van der Waals surface area contributed by atoms with Gasteiger partial charge in [0.2, 0.25) is 0 Å². The van der Waals surface area contributed by atoms with E-state index in [1.807, 2.05) is 28.8 Å². The normalized spacial score (nSPS) is 24.1. The average molecular weight is 453 g/mol. The first-order chi connectivity index (χ1) is 16.1. The standard InChI is InChI=1S/C26H36N4O3/c31-25-24(29-16-8-13-23(29)26(32)33)27-21-11-6-7-12-22(21)30(25)20-14-17-28(18-15-20)19-9-4-2-1-3-5-10-19/h6-7,11-12,19-20,23H,1-5,8-10,13-18H2,(H,32,33). The third-order valence-electron chi connectivity index (χ3n) is 8.04. The van der Waals surface area contributed by atoms with Crippen molar-refractivity contribution in [3.63, 3.8) is 0 Å². The van der Waals surface area contributed by atoms with Crippen LogP contribution in [0, 0.1) is 0 Å². The van der Waals surface area contributed by atoms with E-state index in [1.54, 1.807) is 4.90 Å². The number of carboxylic acid groups (broad SMARTS) is 1. The van der Waals surface area contributed by atoms with Crippen LogP contribution in [0.5, 0.6) is 0 Å². The molecule has 1 saturated carbocycles. The minimum atomic E-state index is -0.874. The van der Waals surface area contributed by atoms with E-state index in [9.17, 15) is 14.7 Å². The highest BCUT2D eigenvalue weighted by Gasteiger charge is 2.35. The van der Waals surface area contributed by atoms with Crippen LogP contribution in [0.4, 0.5) is 5.82 Å². The predicted octanol–water partition coefficient (Wildman–Crippen LogP) is 4.20. The number of para-hydroxylation sites is 2. The molecule has 1 aromatic heterocycles. The van der Waals surface area contributed by atoms with E-state index in [0.29, 0.717) is 24.8 Å². The molecule has 33 heavy (non-hydrogen) atoms. The van der Waals surface area contributed by atoms with Gasteiger partial charge in [-0.2, -0.15) is 0 Å². The van der Waals surface area contributed by atoms with Crippen molar-refractivity contribution in [1.29, 1.82) is 0 Å². The molecule has 1 unspecified atom stereocenters. The van der Waals surface area contributed by atoms with E-state index in [1.165, 1.54) is 44.9 Å². The molecule has 1 atom stereocenters. The van der Waals surface area contributed by atoms with Crippen LogP contribution in [0.15, 0.2) is 29.1 Å². The number of anilines is 1. The molecule has 0 radical (unpaired) electrons. The number of carbonyl (C=O) groups is 1. The Bertz CT molecular complexity index is 1040. The lowest BCUT2D eigenvalue weighted by Gasteiger charge is -2.39. The van der Waals surface area contributed by atoms with Crippen molar-refractivity contribution in [1.82, 2.24) is 14.5 Å². The van der Waals surface area contributed by atoms with Gasteiger partial charge in [0.05, 0.1) is 11.0 Å². The Morgan fingerprint density at radius 1 is 0.848 bits per heavy atom. The maximum absolute atomic E-state index is 13.8. The largest absolute Gasteiger partial charge is 0.480 e. The van der Waals surface area contributed by atoms with Gasteiger partial charge < -0.3 is 19.5 Å². The van der Waals surface area contributed by atoms with Crippen molar-refractivity contribution in [2.24, 2.45) is 0 Å². The highest BCUT2D eigenvalue weighted by atomic mass is 16.4. The van der Waals surface area contributed by atoms with Crippen LogP contribution in [0.3, 0.4) is 0 Å². The Morgan fingerprint density at radius 2 is 1.55 bits per heavy atom. The molecule has 2 aromatic rings. The van der Waals surface area contributed by atoms with Gasteiger partial charge >= 0.3 is 5.97 Å². The first-order valence-corrected chi connectivity index (χ1v) is 12.9. The van der Waals surface area contributed by atoms with E-state index in [4.69, 9.17) is 0 Å². The van der Waals surface area contributed by atoms with Crippen LogP contribution in [-0.4, -0.2) is 57.2 Å². The van der Waals surface area contributed by atoms with Crippen molar-refractivity contribution in [3.8, 4) is 0 Å². The summed E-state index contributed by atoms with van der Waals surface area (Å²) in [5.74, 6) is -0.568. The van der Waals surface area contributed by atoms with Gasteiger partial charge in [0.25, 0.3) is 5.56 Å². The summed E-state index contributed by atoms with van der Waals surface area (Å²) in [7, 11) is 0. The minimum Gasteiger partial charge on any atom is -0.480 e. The molecular weight excluding hydrogens is 416 g/mol. The van der Waals surface area contributed by atoms with Crippen molar-refractivity contribution >= 4 is 22.8 Å². The van der Waals surface area contributed by atoms with E-state index in [-0.39, 0.29) is 11.6 Å². The molecule has 2 aliphatic heterocycles. The Kier molecular flexibility index (Phi) is 6.67. The van der Waals surface area contributed by atoms with Crippen molar-refractivity contribution in [2.75, 3.05) is 24.5 Å². The molecule has 2 saturated heterocycles. The van der Waals surface area contributed by atoms with Crippen LogP contribution >= 0.6 is 0 Å². The second-order valence-corrected chi connectivity index (χ2v) is 10.1. The number of aromatic nitrogens is 2. The van der Waals surface area contributed by atoms with Gasteiger partial charge in [-0.3, -0.25) is 4.79 Å². The van der Waals surface area contributed by atoms with E-state index < -0.39 is 12.0 Å². The first kappa shape index (κ1) is 22.4. The summed E-state index contributed by atoms with van der Waals surface area (Å²) >= 11 is 0. The molecular formula is C26H36N4O3. The number of carboxylic acids is 1. The van der Waals surface area contributed by atoms with Crippen LogP contribution in [0.1, 0.15) is 76.7 Å². The third kappa shape index (κ3) is 4.52. The molecule has 0 amide bonds. The van der Waals surface area contributed by atoms with Crippen LogP contribution in [0.2, 0.25) is 0 Å². The zero-order chi connectivity index (χ0) is 22.8. The summed E-state index contributed by atoms with van der Waals surface area (Å²) in [6.45, 7) is 2.61. The Balaban J connectivity index is 1.43. The quantitative estimate of drug-likeness (QED) is 0.749. The molecule has 3 aliphatic rings. The van der Waals surface area contributed by atoms with Crippen molar-refractivity contribution in [3.05, 3.63) is 34.6 Å². The van der Waals surface area contributed by atoms with Crippen molar-refractivity contribution < 1.29 is 9.90 Å². The van der Waals surface area contributed by atoms with Crippen molar-refractivity contribution in [2.45, 2.75) is 88.8 Å². The average Bonchev–Trinajstić information content (AvgIpc) is 3.29. The lowest BCUT2D eigenvalue weighted by Crippen LogP contribution is -2.45. The number of nitrogens with zero attached hydrogens (tertiary/aromatic N) is 4. The molecule has 5 rings (SSSR count). The molecule has 0 bridgehead atoms. The molecule has 3 fully saturated rings. The van der Waals surface area contributed by atoms with Gasteiger partial charge in [0.1, 0.15) is 6.04 Å². The van der Waals surface area contributed by atoms with Crippen LogP contribution in [0.25, 0.3) is 11.0 Å². The van der Waals surface area contributed by atoms with Gasteiger partial charge in [0.15, 0.2) is 5.82 Å². The third-order valence-corrected chi connectivity index (χ3v) is 8.04. The number of likely N-dealkylation sites (tertiary alicyclic amines) is 1.